The minimum atomic E-state index is -0.949. The van der Waals surface area contributed by atoms with Crippen LogP contribution in [-0.2, 0) is 11.3 Å². The second-order valence-corrected chi connectivity index (χ2v) is 9.45. The van der Waals surface area contributed by atoms with Crippen LogP contribution in [0.3, 0.4) is 0 Å². The number of para-hydroxylation sites is 1. The minimum Gasteiger partial charge on any atom is -0.502 e. The van der Waals surface area contributed by atoms with Crippen molar-refractivity contribution in [3.63, 3.8) is 0 Å². The summed E-state index contributed by atoms with van der Waals surface area (Å²) in [6.07, 6.45) is 0.781. The van der Waals surface area contributed by atoms with E-state index in [0.717, 1.165) is 17.3 Å². The first-order valence-electron chi connectivity index (χ1n) is 12.0. The van der Waals surface area contributed by atoms with Gasteiger partial charge < -0.3 is 24.4 Å². The zero-order chi connectivity index (χ0) is 25.4. The van der Waals surface area contributed by atoms with Gasteiger partial charge in [-0.05, 0) is 17.7 Å². The Hall–Kier alpha value is -4.12. The molecule has 37 heavy (non-hydrogen) atoms. The van der Waals surface area contributed by atoms with E-state index in [1.165, 1.54) is 16.9 Å². The van der Waals surface area contributed by atoms with Crippen LogP contribution in [-0.4, -0.2) is 59.7 Å². The highest BCUT2D eigenvalue weighted by molar-refractivity contribution is 5.96. The van der Waals surface area contributed by atoms with Crippen LogP contribution < -0.4 is 20.1 Å². The lowest BCUT2D eigenvalue weighted by Crippen LogP contribution is -2.66. The van der Waals surface area contributed by atoms with Crippen LogP contribution in [0.1, 0.15) is 33.2 Å². The summed E-state index contributed by atoms with van der Waals surface area (Å²) in [5, 5.41) is 12.5. The number of carbonyl (C=O) groups excluding carboxylic acids is 1. The van der Waals surface area contributed by atoms with Gasteiger partial charge >= 0.3 is 0 Å². The number of benzene rings is 2. The Morgan fingerprint density at radius 3 is 2.73 bits per heavy atom. The number of anilines is 1. The molecule has 1 N–H and O–H groups in total. The van der Waals surface area contributed by atoms with Crippen molar-refractivity contribution in [3.8, 4) is 11.5 Å². The summed E-state index contributed by atoms with van der Waals surface area (Å²) in [6, 6.07) is 8.67. The number of rotatable bonds is 1. The van der Waals surface area contributed by atoms with Gasteiger partial charge in [-0.1, -0.05) is 18.2 Å². The molecule has 0 saturated carbocycles. The van der Waals surface area contributed by atoms with Crippen LogP contribution in [0.2, 0.25) is 0 Å². The van der Waals surface area contributed by atoms with Crippen LogP contribution >= 0.6 is 0 Å². The van der Waals surface area contributed by atoms with Gasteiger partial charge in [-0.2, -0.15) is 0 Å². The Bertz CT molecular complexity index is 1530. The number of hydrogen-bond donors (Lipinski definition) is 1. The first-order valence-corrected chi connectivity index (χ1v) is 12.0. The minimum absolute atomic E-state index is 0.128. The molecule has 0 radical (unpaired) electrons. The van der Waals surface area contributed by atoms with Gasteiger partial charge in [0, 0.05) is 36.5 Å². The van der Waals surface area contributed by atoms with E-state index in [1.54, 1.807) is 16.0 Å². The first kappa shape index (κ1) is 22.1. The number of nitrogens with zero attached hydrogens (tertiary/aromatic N) is 4. The number of ether oxygens (including phenoxy) is 2. The van der Waals surface area contributed by atoms with Crippen LogP contribution in [0.25, 0.3) is 0 Å². The molecule has 1 amide bonds. The molecule has 11 heteroatoms. The van der Waals surface area contributed by atoms with E-state index in [2.05, 4.69) is 0 Å². The third kappa shape index (κ3) is 3.03. The molecule has 5 heterocycles. The van der Waals surface area contributed by atoms with Gasteiger partial charge in [-0.15, -0.1) is 0 Å². The average Bonchev–Trinajstić information content (AvgIpc) is 3.05. The number of aromatic hydroxyl groups is 1. The van der Waals surface area contributed by atoms with Gasteiger partial charge in [0.2, 0.25) is 5.43 Å². The lowest BCUT2D eigenvalue weighted by Gasteiger charge is -2.51. The predicted octanol–water partition coefficient (Wildman–Crippen LogP) is 2.08. The van der Waals surface area contributed by atoms with Gasteiger partial charge in [0.15, 0.2) is 23.1 Å². The van der Waals surface area contributed by atoms with Gasteiger partial charge in [0.1, 0.15) is 24.6 Å². The third-order valence-electron chi connectivity index (χ3n) is 7.57. The van der Waals surface area contributed by atoms with Crippen molar-refractivity contribution >= 4 is 11.6 Å². The molecule has 1 saturated heterocycles. The highest BCUT2D eigenvalue weighted by Crippen LogP contribution is 2.48. The maximum absolute atomic E-state index is 15.4. The maximum Gasteiger partial charge on any atom is 0.278 e. The van der Waals surface area contributed by atoms with Gasteiger partial charge in [-0.25, -0.2) is 8.78 Å². The molecule has 4 aliphatic heterocycles. The first-order chi connectivity index (χ1) is 18.0. The van der Waals surface area contributed by atoms with E-state index in [0.29, 0.717) is 24.5 Å². The van der Waals surface area contributed by atoms with E-state index in [-0.39, 0.29) is 37.6 Å². The van der Waals surface area contributed by atoms with Crippen LogP contribution in [0.5, 0.6) is 11.5 Å². The number of carbonyl (C=O) groups is 1. The summed E-state index contributed by atoms with van der Waals surface area (Å²) in [6.45, 7) is 1.67. The molecule has 7 rings (SSSR count). The highest BCUT2D eigenvalue weighted by atomic mass is 19.2. The Balaban J connectivity index is 1.56. The average molecular weight is 508 g/mol. The van der Waals surface area contributed by atoms with Gasteiger partial charge in [0.05, 0.1) is 25.4 Å². The van der Waals surface area contributed by atoms with Crippen molar-refractivity contribution < 1.29 is 28.2 Å². The molecule has 2 aromatic carbocycles. The molecule has 1 fully saturated rings. The molecule has 1 aromatic heterocycles. The summed E-state index contributed by atoms with van der Waals surface area (Å²) in [7, 11) is 0. The number of amides is 1. The van der Waals surface area contributed by atoms with Crippen LogP contribution in [0, 0.1) is 11.6 Å². The summed E-state index contributed by atoms with van der Waals surface area (Å²) in [4.78, 5) is 29.3. The third-order valence-corrected chi connectivity index (χ3v) is 7.57. The summed E-state index contributed by atoms with van der Waals surface area (Å²) < 4.78 is 43.1. The van der Waals surface area contributed by atoms with Crippen molar-refractivity contribution in [2.24, 2.45) is 0 Å². The standard InChI is InChI=1S/C26H22F2N4O5/c27-17-5-4-14-16(21(17)28)12-29-8-11-37-19-3-1-2-15(23(19)29)22(14)32-20-13-36-10-9-30(20)26(35)24-25(34)18(33)6-7-31(24)32/h1-7,20,22,34H,8-13H2/t20-,22+/m1/s1. The molecule has 0 unspecified atom stereocenters. The Morgan fingerprint density at radius 1 is 1.00 bits per heavy atom. The SMILES string of the molecule is O=C1c2c(O)c(=O)ccn2N([C@H]2c3ccc(F)c(F)c3CN3CCOc4cccc2c43)[C@@H]2COCCN12. The van der Waals surface area contributed by atoms with E-state index in [4.69, 9.17) is 9.47 Å². The molecule has 0 aliphatic carbocycles. The smallest absolute Gasteiger partial charge is 0.278 e. The second-order valence-electron chi connectivity index (χ2n) is 9.45. The molecular formula is C26H22F2N4O5. The van der Waals surface area contributed by atoms with E-state index in [1.807, 2.05) is 23.1 Å². The molecule has 9 nitrogen and oxygen atoms in total. The summed E-state index contributed by atoms with van der Waals surface area (Å²) >= 11 is 0. The van der Waals surface area contributed by atoms with E-state index < -0.39 is 40.9 Å². The molecule has 2 atom stereocenters. The quantitative estimate of drug-likeness (QED) is 0.539. The zero-order valence-electron chi connectivity index (χ0n) is 19.6. The normalized spacial score (nSPS) is 21.9. The number of fused-ring (bicyclic) bond motifs is 3. The molecular weight excluding hydrogens is 486 g/mol. The monoisotopic (exact) mass is 508 g/mol. The highest BCUT2D eigenvalue weighted by Gasteiger charge is 2.47. The van der Waals surface area contributed by atoms with Gasteiger partial charge in [0.25, 0.3) is 5.91 Å². The zero-order valence-corrected chi connectivity index (χ0v) is 19.6. The summed E-state index contributed by atoms with van der Waals surface area (Å²) in [5.74, 6) is -2.43. The fourth-order valence-corrected chi connectivity index (χ4v) is 5.95. The van der Waals surface area contributed by atoms with E-state index >= 15 is 4.39 Å². The fourth-order valence-electron chi connectivity index (χ4n) is 5.95. The number of pyridine rings is 1. The molecule has 190 valence electrons. The molecule has 0 spiro atoms. The predicted molar refractivity (Wildman–Crippen MR) is 127 cm³/mol. The number of aromatic nitrogens is 1. The Kier molecular flexibility index (Phi) is 4.74. The lowest BCUT2D eigenvalue weighted by molar-refractivity contribution is -0.0197. The fraction of sp³-hybridized carbons (Fsp3) is 0.308. The van der Waals surface area contributed by atoms with Crippen molar-refractivity contribution in [2.75, 3.05) is 42.8 Å². The maximum atomic E-state index is 15.4. The van der Waals surface area contributed by atoms with Crippen molar-refractivity contribution in [1.29, 1.82) is 0 Å². The number of hydrogen-bond acceptors (Lipinski definition) is 7. The second kappa shape index (κ2) is 7.94. The number of halogens is 2. The van der Waals surface area contributed by atoms with Crippen LogP contribution in [0.4, 0.5) is 14.5 Å². The van der Waals surface area contributed by atoms with Gasteiger partial charge in [-0.3, -0.25) is 19.3 Å². The Labute approximate surface area is 209 Å². The van der Waals surface area contributed by atoms with Crippen molar-refractivity contribution in [2.45, 2.75) is 18.8 Å². The molecule has 3 aromatic rings. The van der Waals surface area contributed by atoms with Crippen molar-refractivity contribution in [1.82, 2.24) is 9.58 Å². The Morgan fingerprint density at radius 2 is 1.86 bits per heavy atom. The molecule has 4 aliphatic rings. The lowest BCUT2D eigenvalue weighted by atomic mass is 9.92. The largest absolute Gasteiger partial charge is 0.502 e. The summed E-state index contributed by atoms with van der Waals surface area (Å²) in [5.41, 5.74) is 1.34. The van der Waals surface area contributed by atoms with Crippen molar-refractivity contribution in [3.05, 3.63) is 86.8 Å². The number of morpholine rings is 1. The van der Waals surface area contributed by atoms with E-state index in [9.17, 15) is 19.1 Å². The molecule has 0 bridgehead atoms. The van der Waals surface area contributed by atoms with Crippen LogP contribution in [0.15, 0.2) is 47.4 Å². The topological polar surface area (TPSA) is 87.5 Å².